The molecule has 0 radical (unpaired) electrons. The van der Waals surface area contributed by atoms with E-state index in [9.17, 15) is 5.11 Å². The second-order valence-electron chi connectivity index (χ2n) is 5.95. The molecule has 116 valence electrons. The van der Waals surface area contributed by atoms with Crippen LogP contribution in [0, 0.1) is 6.92 Å². The first-order chi connectivity index (χ1) is 10.6. The van der Waals surface area contributed by atoms with Crippen LogP contribution >= 0.6 is 0 Å². The molecule has 2 heterocycles. The number of likely N-dealkylation sites (N-methyl/N-ethyl adjacent to an activating group) is 1. The summed E-state index contributed by atoms with van der Waals surface area (Å²) in [6.07, 6.45) is -0.616. The van der Waals surface area contributed by atoms with E-state index >= 15 is 0 Å². The summed E-state index contributed by atoms with van der Waals surface area (Å²) in [7, 11) is 2.15. The number of aliphatic hydroxyl groups is 1. The van der Waals surface area contributed by atoms with Gasteiger partial charge in [-0.15, -0.1) is 0 Å². The molecular weight excluding hydrogens is 274 g/mol. The maximum atomic E-state index is 10.5. The number of anilines is 1. The Bertz CT molecular complexity index is 621. The van der Waals surface area contributed by atoms with Gasteiger partial charge in [-0.25, -0.2) is 4.98 Å². The highest BCUT2D eigenvalue weighted by atomic mass is 16.3. The van der Waals surface area contributed by atoms with Crippen molar-refractivity contribution < 1.29 is 5.11 Å². The monoisotopic (exact) mass is 297 g/mol. The van der Waals surface area contributed by atoms with E-state index in [0.29, 0.717) is 0 Å². The van der Waals surface area contributed by atoms with Crippen LogP contribution in [0.2, 0.25) is 0 Å². The van der Waals surface area contributed by atoms with Crippen LogP contribution < -0.4 is 4.90 Å². The summed E-state index contributed by atoms with van der Waals surface area (Å²) in [5.74, 6) is 1.01. The molecule has 0 aliphatic carbocycles. The van der Waals surface area contributed by atoms with Crippen LogP contribution in [0.5, 0.6) is 0 Å². The van der Waals surface area contributed by atoms with Crippen molar-refractivity contribution in [2.75, 3.05) is 38.1 Å². The normalized spacial score (nSPS) is 17.5. The number of aliphatic hydroxyl groups excluding tert-OH is 1. The van der Waals surface area contributed by atoms with Crippen molar-refractivity contribution in [1.29, 1.82) is 0 Å². The van der Waals surface area contributed by atoms with E-state index in [0.717, 1.165) is 48.8 Å². The lowest BCUT2D eigenvalue weighted by molar-refractivity contribution is 0.219. The Kier molecular flexibility index (Phi) is 4.41. The van der Waals surface area contributed by atoms with Gasteiger partial charge in [-0.3, -0.25) is 0 Å². The standard InChI is InChI=1S/C18H23N3O/c1-14-16(18(22)15-6-4-3-5-7-15)8-9-17(19-14)21-12-10-20(2)11-13-21/h3-9,18,22H,10-13H2,1-2H3. The molecule has 1 aliphatic heterocycles. The zero-order valence-corrected chi connectivity index (χ0v) is 13.2. The van der Waals surface area contributed by atoms with Gasteiger partial charge in [0.15, 0.2) is 0 Å². The van der Waals surface area contributed by atoms with E-state index in [1.54, 1.807) is 0 Å². The first kappa shape index (κ1) is 15.0. The van der Waals surface area contributed by atoms with Gasteiger partial charge in [0.2, 0.25) is 0 Å². The van der Waals surface area contributed by atoms with Gasteiger partial charge in [-0.05, 0) is 25.6 Å². The fourth-order valence-electron chi connectivity index (χ4n) is 2.87. The molecule has 1 atom stereocenters. The van der Waals surface area contributed by atoms with E-state index in [2.05, 4.69) is 16.8 Å². The average Bonchev–Trinajstić information content (AvgIpc) is 2.56. The molecule has 1 fully saturated rings. The van der Waals surface area contributed by atoms with Crippen LogP contribution in [0.15, 0.2) is 42.5 Å². The highest BCUT2D eigenvalue weighted by Gasteiger charge is 2.18. The van der Waals surface area contributed by atoms with Crippen LogP contribution in [0.1, 0.15) is 22.9 Å². The van der Waals surface area contributed by atoms with Gasteiger partial charge < -0.3 is 14.9 Å². The molecule has 1 N–H and O–H groups in total. The topological polar surface area (TPSA) is 39.6 Å². The van der Waals surface area contributed by atoms with E-state index in [-0.39, 0.29) is 0 Å². The van der Waals surface area contributed by atoms with Crippen molar-refractivity contribution in [2.45, 2.75) is 13.0 Å². The molecule has 0 spiro atoms. The van der Waals surface area contributed by atoms with Crippen LogP contribution in [0.25, 0.3) is 0 Å². The summed E-state index contributed by atoms with van der Waals surface area (Å²) in [5, 5.41) is 10.5. The molecule has 0 amide bonds. The lowest BCUT2D eigenvalue weighted by atomic mass is 10.0. The van der Waals surface area contributed by atoms with Gasteiger partial charge in [0.25, 0.3) is 0 Å². The van der Waals surface area contributed by atoms with Crippen molar-refractivity contribution >= 4 is 5.82 Å². The van der Waals surface area contributed by atoms with Crippen molar-refractivity contribution in [1.82, 2.24) is 9.88 Å². The maximum absolute atomic E-state index is 10.5. The molecule has 3 rings (SSSR count). The number of aryl methyl sites for hydroxylation is 1. The molecule has 4 nitrogen and oxygen atoms in total. The number of hydrogen-bond donors (Lipinski definition) is 1. The number of piperazine rings is 1. The Morgan fingerprint density at radius 2 is 1.68 bits per heavy atom. The lowest BCUT2D eigenvalue weighted by Crippen LogP contribution is -2.44. The second-order valence-corrected chi connectivity index (χ2v) is 5.95. The second kappa shape index (κ2) is 6.46. The van der Waals surface area contributed by atoms with Gasteiger partial charge >= 0.3 is 0 Å². The molecule has 2 aromatic rings. The fourth-order valence-corrected chi connectivity index (χ4v) is 2.87. The molecular formula is C18H23N3O. The Balaban J connectivity index is 1.80. The van der Waals surface area contributed by atoms with Gasteiger partial charge in [0, 0.05) is 37.4 Å². The number of aromatic nitrogens is 1. The SMILES string of the molecule is Cc1nc(N2CCN(C)CC2)ccc1C(O)c1ccccc1. The summed E-state index contributed by atoms with van der Waals surface area (Å²) < 4.78 is 0. The summed E-state index contributed by atoms with van der Waals surface area (Å²) in [4.78, 5) is 9.36. The summed E-state index contributed by atoms with van der Waals surface area (Å²) in [6, 6.07) is 13.8. The summed E-state index contributed by atoms with van der Waals surface area (Å²) >= 11 is 0. The minimum absolute atomic E-state index is 0.616. The van der Waals surface area contributed by atoms with E-state index < -0.39 is 6.10 Å². The highest BCUT2D eigenvalue weighted by molar-refractivity contribution is 5.44. The number of nitrogens with zero attached hydrogens (tertiary/aromatic N) is 3. The molecule has 1 aliphatic rings. The predicted octanol–water partition coefficient (Wildman–Crippen LogP) is 2.22. The third kappa shape index (κ3) is 3.13. The average molecular weight is 297 g/mol. The molecule has 1 saturated heterocycles. The van der Waals surface area contributed by atoms with Gasteiger partial charge in [-0.1, -0.05) is 36.4 Å². The maximum Gasteiger partial charge on any atom is 0.128 e. The molecule has 0 bridgehead atoms. The number of pyridine rings is 1. The molecule has 1 aromatic carbocycles. The van der Waals surface area contributed by atoms with E-state index in [1.165, 1.54) is 0 Å². The van der Waals surface area contributed by atoms with Crippen LogP contribution in [0.3, 0.4) is 0 Å². The van der Waals surface area contributed by atoms with Crippen LogP contribution in [0.4, 0.5) is 5.82 Å². The molecule has 1 unspecified atom stereocenters. The molecule has 1 aromatic heterocycles. The predicted molar refractivity (Wildman–Crippen MR) is 89.2 cm³/mol. The van der Waals surface area contributed by atoms with Gasteiger partial charge in [0.05, 0.1) is 0 Å². The molecule has 0 saturated carbocycles. The van der Waals surface area contributed by atoms with Crippen molar-refractivity contribution in [2.24, 2.45) is 0 Å². The van der Waals surface area contributed by atoms with Gasteiger partial charge in [-0.2, -0.15) is 0 Å². The smallest absolute Gasteiger partial charge is 0.128 e. The number of hydrogen-bond acceptors (Lipinski definition) is 4. The molecule has 22 heavy (non-hydrogen) atoms. The Hall–Kier alpha value is -1.91. The minimum Gasteiger partial charge on any atom is -0.384 e. The fraction of sp³-hybridized carbons (Fsp3) is 0.389. The Morgan fingerprint density at radius 3 is 2.32 bits per heavy atom. The Morgan fingerprint density at radius 1 is 1.00 bits per heavy atom. The van der Waals surface area contributed by atoms with Crippen LogP contribution in [-0.2, 0) is 0 Å². The molecule has 4 heteroatoms. The zero-order chi connectivity index (χ0) is 15.5. The lowest BCUT2D eigenvalue weighted by Gasteiger charge is -2.33. The zero-order valence-electron chi connectivity index (χ0n) is 13.2. The minimum atomic E-state index is -0.616. The highest BCUT2D eigenvalue weighted by Crippen LogP contribution is 2.26. The van der Waals surface area contributed by atoms with Crippen molar-refractivity contribution in [3.63, 3.8) is 0 Å². The largest absolute Gasteiger partial charge is 0.384 e. The van der Waals surface area contributed by atoms with E-state index in [4.69, 9.17) is 4.98 Å². The number of rotatable bonds is 3. The van der Waals surface area contributed by atoms with Crippen molar-refractivity contribution in [3.8, 4) is 0 Å². The number of benzene rings is 1. The quantitative estimate of drug-likeness (QED) is 0.943. The third-order valence-electron chi connectivity index (χ3n) is 4.35. The summed E-state index contributed by atoms with van der Waals surface area (Å²) in [6.45, 7) is 6.11. The van der Waals surface area contributed by atoms with Gasteiger partial charge in [0.1, 0.15) is 11.9 Å². The first-order valence-electron chi connectivity index (χ1n) is 7.79. The van der Waals surface area contributed by atoms with Crippen molar-refractivity contribution in [3.05, 3.63) is 59.3 Å². The summed E-state index contributed by atoms with van der Waals surface area (Å²) in [5.41, 5.74) is 2.68. The van der Waals surface area contributed by atoms with Crippen LogP contribution in [-0.4, -0.2) is 48.2 Å². The first-order valence-corrected chi connectivity index (χ1v) is 7.79. The Labute approximate surface area is 132 Å². The third-order valence-corrected chi connectivity index (χ3v) is 4.35. The van der Waals surface area contributed by atoms with E-state index in [1.807, 2.05) is 49.4 Å².